The maximum absolute atomic E-state index is 14.0. The van der Waals surface area contributed by atoms with Gasteiger partial charge in [-0.2, -0.15) is 5.06 Å². The van der Waals surface area contributed by atoms with E-state index in [2.05, 4.69) is 16.7 Å². The number of hydrogen-bond donors (Lipinski definition) is 1. The smallest absolute Gasteiger partial charge is 0.350 e. The molecule has 0 spiro atoms. The zero-order valence-corrected chi connectivity index (χ0v) is 25.8. The van der Waals surface area contributed by atoms with Gasteiger partial charge in [0.05, 0.1) is 13.2 Å². The Balaban J connectivity index is 0.00000648. The van der Waals surface area contributed by atoms with Crippen molar-refractivity contribution in [3.05, 3.63) is 59.9 Å². The second kappa shape index (κ2) is 13.5. The first-order chi connectivity index (χ1) is 16.2. The maximum Gasteiger partial charge on any atom is 0.350 e. The summed E-state index contributed by atoms with van der Waals surface area (Å²) in [6.45, 7) is 19.3. The molecule has 2 N–H and O–H groups in total. The van der Waals surface area contributed by atoms with Crippen LogP contribution in [0.25, 0.3) is 0 Å². The second-order valence-corrected chi connectivity index (χ2v) is 13.0. The molecule has 0 saturated heterocycles. The molecular weight excluding hydrogens is 541 g/mol. The number of halogens is 1. The average Bonchev–Trinajstić information content (AvgIpc) is 2.74. The topological polar surface area (TPSA) is 77.9 Å². The fraction of sp³-hybridized carbons (Fsp3) is 0.593. The Kier molecular flexibility index (Phi) is 12.3. The van der Waals surface area contributed by atoms with Crippen molar-refractivity contribution in [3.8, 4) is 0 Å². The zero-order valence-electron chi connectivity index (χ0n) is 23.3. The van der Waals surface area contributed by atoms with Crippen molar-refractivity contribution in [3.63, 3.8) is 0 Å². The van der Waals surface area contributed by atoms with Gasteiger partial charge in [0.25, 0.3) is 0 Å². The molecule has 36 heavy (non-hydrogen) atoms. The quantitative estimate of drug-likeness (QED) is 0.189. The molecule has 7 nitrogen and oxygen atoms in total. The third-order valence-electron chi connectivity index (χ3n) is 5.58. The Morgan fingerprint density at radius 2 is 1.44 bits per heavy atom. The Morgan fingerprint density at radius 1 is 0.944 bits per heavy atom. The summed E-state index contributed by atoms with van der Waals surface area (Å²) in [5, 5.41) is 1.83. The molecule has 2 aromatic rings. The molecule has 2 rings (SSSR count). The minimum Gasteiger partial charge on any atom is -1.00 e. The van der Waals surface area contributed by atoms with Crippen LogP contribution >= 0.6 is 7.60 Å². The fourth-order valence-corrected chi connectivity index (χ4v) is 6.67. The summed E-state index contributed by atoms with van der Waals surface area (Å²) < 4.78 is 27.7. The molecule has 0 amide bonds. The predicted octanol–water partition coefficient (Wildman–Crippen LogP) is 3.34. The lowest BCUT2D eigenvalue weighted by Gasteiger charge is -2.48. The summed E-state index contributed by atoms with van der Waals surface area (Å²) in [4.78, 5) is 6.58. The summed E-state index contributed by atoms with van der Waals surface area (Å²) in [6.07, 6.45) is 3.81. The van der Waals surface area contributed by atoms with Crippen LogP contribution < -0.4 is 27.3 Å². The van der Waals surface area contributed by atoms with E-state index in [0.29, 0.717) is 13.2 Å². The molecule has 2 atom stereocenters. The van der Waals surface area contributed by atoms with Gasteiger partial charge < -0.3 is 31.8 Å². The highest BCUT2D eigenvalue weighted by Gasteiger charge is 2.51. The van der Waals surface area contributed by atoms with E-state index in [1.54, 1.807) is 0 Å². The van der Waals surface area contributed by atoms with Crippen LogP contribution in [0.5, 0.6) is 0 Å². The van der Waals surface area contributed by atoms with Crippen LogP contribution in [-0.4, -0.2) is 29.6 Å². The van der Waals surface area contributed by atoms with Gasteiger partial charge in [-0.25, -0.2) is 4.57 Å². The number of pyridine rings is 1. The van der Waals surface area contributed by atoms with Crippen LogP contribution in [0.3, 0.4) is 0 Å². The van der Waals surface area contributed by atoms with Crippen LogP contribution in [0, 0.1) is 5.41 Å². The standard InChI is InChI=1S/C27H45N3O4P.BrH/c1-10-32-35(31,33-11-2)25(26(4,5)6)30(27(7,8)9)34-21(3)23-16-18-29(19-17-23)20-22-12-14-24(28)15-13-22;/h12-19,21,25H,10-11,20,28H2,1-9H3;1H/q+1;/p-1. The normalized spacial score (nSPS) is 14.4. The van der Waals surface area contributed by atoms with Gasteiger partial charge in [-0.3, -0.25) is 9.40 Å². The molecule has 0 aliphatic rings. The fourth-order valence-electron chi connectivity index (χ4n) is 3.99. The highest BCUT2D eigenvalue weighted by Crippen LogP contribution is 2.61. The van der Waals surface area contributed by atoms with E-state index >= 15 is 0 Å². The molecule has 1 aromatic carbocycles. The molecule has 1 aromatic heterocycles. The molecule has 2 unspecified atom stereocenters. The van der Waals surface area contributed by atoms with Gasteiger partial charge in [0.1, 0.15) is 11.9 Å². The highest BCUT2D eigenvalue weighted by atomic mass is 79.9. The average molecular weight is 587 g/mol. The largest absolute Gasteiger partial charge is 1.00 e. The van der Waals surface area contributed by atoms with E-state index < -0.39 is 24.3 Å². The van der Waals surface area contributed by atoms with Gasteiger partial charge in [0.2, 0.25) is 0 Å². The van der Waals surface area contributed by atoms with Gasteiger partial charge in [-0.1, -0.05) is 32.9 Å². The second-order valence-electron chi connectivity index (χ2n) is 10.9. The van der Waals surface area contributed by atoms with E-state index in [1.165, 1.54) is 5.56 Å². The van der Waals surface area contributed by atoms with E-state index in [4.69, 9.17) is 19.6 Å². The van der Waals surface area contributed by atoms with E-state index in [-0.39, 0.29) is 23.1 Å². The van der Waals surface area contributed by atoms with Crippen molar-refractivity contribution in [2.45, 2.75) is 86.3 Å². The molecule has 0 bridgehead atoms. The summed E-state index contributed by atoms with van der Waals surface area (Å²) >= 11 is 0. The van der Waals surface area contributed by atoms with Crippen LogP contribution in [0.2, 0.25) is 0 Å². The summed E-state index contributed by atoms with van der Waals surface area (Å²) in [6, 6.07) is 12.0. The van der Waals surface area contributed by atoms with Crippen molar-refractivity contribution < 1.29 is 40.0 Å². The van der Waals surface area contributed by atoms with Gasteiger partial charge in [-0.05, 0) is 64.7 Å². The highest BCUT2D eigenvalue weighted by molar-refractivity contribution is 7.54. The molecule has 0 saturated carbocycles. The molecular formula is C27H45BrN3O4P. The number of benzene rings is 1. The lowest BCUT2D eigenvalue weighted by atomic mass is 9.94. The van der Waals surface area contributed by atoms with Crippen LogP contribution in [0.4, 0.5) is 5.69 Å². The van der Waals surface area contributed by atoms with Crippen molar-refractivity contribution in [1.29, 1.82) is 0 Å². The zero-order chi connectivity index (χ0) is 26.4. The minimum absolute atomic E-state index is 0. The van der Waals surface area contributed by atoms with Crippen molar-refractivity contribution in [2.75, 3.05) is 18.9 Å². The van der Waals surface area contributed by atoms with Crippen molar-refractivity contribution >= 4 is 13.3 Å². The Bertz CT molecular complexity index is 962. The number of nitrogens with two attached hydrogens (primary N) is 1. The first-order valence-electron chi connectivity index (χ1n) is 12.4. The van der Waals surface area contributed by atoms with Crippen molar-refractivity contribution in [2.24, 2.45) is 5.41 Å². The molecule has 9 heteroatoms. The number of aromatic nitrogens is 1. The van der Waals surface area contributed by atoms with Gasteiger partial charge in [0.15, 0.2) is 18.9 Å². The predicted molar refractivity (Wildman–Crippen MR) is 142 cm³/mol. The summed E-state index contributed by atoms with van der Waals surface area (Å²) in [5.41, 5.74) is 7.85. The lowest BCUT2D eigenvalue weighted by molar-refractivity contribution is -0.688. The van der Waals surface area contributed by atoms with Gasteiger partial charge in [0, 0.05) is 28.9 Å². The van der Waals surface area contributed by atoms with Crippen LogP contribution in [0.15, 0.2) is 48.8 Å². The van der Waals surface area contributed by atoms with E-state index in [0.717, 1.165) is 17.8 Å². The molecule has 204 valence electrons. The Morgan fingerprint density at radius 3 is 1.86 bits per heavy atom. The number of anilines is 1. The Hall–Kier alpha value is -1.28. The maximum atomic E-state index is 14.0. The van der Waals surface area contributed by atoms with Gasteiger partial charge >= 0.3 is 7.60 Å². The van der Waals surface area contributed by atoms with Crippen LogP contribution in [-0.2, 0) is 25.0 Å². The first-order valence-corrected chi connectivity index (χ1v) is 14.0. The molecule has 0 aliphatic heterocycles. The molecule has 0 fully saturated rings. The van der Waals surface area contributed by atoms with Gasteiger partial charge in [-0.15, -0.1) is 0 Å². The summed E-state index contributed by atoms with van der Waals surface area (Å²) in [5.74, 6) is -0.600. The number of hydroxylamine groups is 2. The van der Waals surface area contributed by atoms with Crippen molar-refractivity contribution in [1.82, 2.24) is 5.06 Å². The Labute approximate surface area is 228 Å². The third kappa shape index (κ3) is 8.93. The van der Waals surface area contributed by atoms with E-state index in [1.807, 2.05) is 104 Å². The van der Waals surface area contributed by atoms with E-state index in [9.17, 15) is 4.57 Å². The minimum atomic E-state index is -3.51. The molecule has 0 aliphatic carbocycles. The number of rotatable bonds is 11. The SMILES string of the molecule is CCOP(=O)(OCC)C(N(OC(C)c1cc[n+](Cc2ccc(N)cc2)cc1)C(C)(C)C)C(C)(C)C.[Br-]. The third-order valence-corrected chi connectivity index (χ3v) is 8.40. The lowest BCUT2D eigenvalue weighted by Crippen LogP contribution is -3.00. The molecule has 1 heterocycles. The number of nitrogen functional groups attached to an aromatic ring is 1. The molecule has 0 radical (unpaired) electrons. The number of hydrogen-bond acceptors (Lipinski definition) is 6. The van der Waals surface area contributed by atoms with Crippen LogP contribution in [0.1, 0.15) is 79.5 Å². The monoisotopic (exact) mass is 585 g/mol. The summed E-state index contributed by atoms with van der Waals surface area (Å²) in [7, 11) is -3.51. The number of nitrogens with zero attached hydrogens (tertiary/aromatic N) is 2. The first kappa shape index (κ1) is 32.7.